The number of benzene rings is 3. The molecule has 0 aliphatic heterocycles. The Hall–Kier alpha value is -5.21. The molecule has 248 valence electrons. The van der Waals surface area contributed by atoms with Crippen LogP contribution in [0.3, 0.4) is 0 Å². The van der Waals surface area contributed by atoms with Gasteiger partial charge in [-0.15, -0.1) is 0 Å². The monoisotopic (exact) mass is 667 g/mol. The smallest absolute Gasteiger partial charge is 0.272 e. The first-order chi connectivity index (χ1) is 23.2. The number of ether oxygens (including phenoxy) is 4. The van der Waals surface area contributed by atoms with Gasteiger partial charge in [-0.05, 0) is 47.9 Å². The van der Waals surface area contributed by atoms with Crippen LogP contribution in [0, 0.1) is 35.8 Å². The summed E-state index contributed by atoms with van der Waals surface area (Å²) in [5.74, 6) is -0.582. The van der Waals surface area contributed by atoms with E-state index in [1.165, 1.54) is 17.7 Å². The molecule has 3 rings (SSSR count). The summed E-state index contributed by atoms with van der Waals surface area (Å²) in [5, 5.41) is 19.5. The Morgan fingerprint density at radius 3 is 1.65 bits per heavy atom. The van der Waals surface area contributed by atoms with Crippen LogP contribution in [0.2, 0.25) is 0 Å². The van der Waals surface area contributed by atoms with Crippen LogP contribution in [-0.2, 0) is 19.6 Å². The predicted octanol–water partition coefficient (Wildman–Crippen LogP) is 4.49. The molecule has 11 nitrogen and oxygen atoms in total. The molecule has 3 aromatic rings. The van der Waals surface area contributed by atoms with Crippen LogP contribution >= 0.6 is 0 Å². The highest BCUT2D eigenvalue weighted by atomic mass is 32.2. The van der Waals surface area contributed by atoms with E-state index < -0.39 is 21.8 Å². The van der Waals surface area contributed by atoms with E-state index in [1.807, 2.05) is 30.3 Å². The molecule has 0 spiro atoms. The van der Waals surface area contributed by atoms with Gasteiger partial charge in [0.25, 0.3) is 11.4 Å². The average molecular weight is 668 g/mol. The lowest BCUT2D eigenvalue weighted by molar-refractivity contribution is 0.0940. The molecular formula is C36H35N4O7S-. The maximum atomic E-state index is 11.4. The molecule has 48 heavy (non-hydrogen) atoms. The van der Waals surface area contributed by atoms with Crippen LogP contribution < -0.4 is 19.9 Å². The van der Waals surface area contributed by atoms with Crippen molar-refractivity contribution >= 4 is 21.5 Å². The second-order valence-electron chi connectivity index (χ2n) is 10.6. The zero-order valence-electron chi connectivity index (χ0n) is 26.5. The molecule has 0 saturated carbocycles. The summed E-state index contributed by atoms with van der Waals surface area (Å²) in [6, 6.07) is 25.4. The van der Waals surface area contributed by atoms with E-state index in [2.05, 4.69) is 28.7 Å². The van der Waals surface area contributed by atoms with Crippen molar-refractivity contribution in [1.82, 2.24) is 0 Å². The van der Waals surface area contributed by atoms with E-state index in [9.17, 15) is 23.5 Å². The van der Waals surface area contributed by atoms with Crippen LogP contribution in [-0.4, -0.2) is 58.4 Å². The Labute approximate surface area is 281 Å². The van der Waals surface area contributed by atoms with Crippen LogP contribution in [0.4, 0.5) is 0 Å². The van der Waals surface area contributed by atoms with Crippen molar-refractivity contribution in [3.05, 3.63) is 117 Å². The van der Waals surface area contributed by atoms with Crippen molar-refractivity contribution in [2.24, 2.45) is 0 Å². The molecule has 0 radical (unpaired) electrons. The molecule has 0 heterocycles. The third-order valence-electron chi connectivity index (χ3n) is 7.35. The van der Waals surface area contributed by atoms with Gasteiger partial charge in [-0.25, -0.2) is 28.6 Å². The molecule has 0 fully saturated rings. The topological polar surface area (TPSA) is 150 Å². The molecule has 12 heteroatoms. The van der Waals surface area contributed by atoms with Gasteiger partial charge in [0.15, 0.2) is 0 Å². The molecule has 3 aromatic carbocycles. The first-order valence-electron chi connectivity index (χ1n) is 15.1. The number of rotatable bonds is 18. The summed E-state index contributed by atoms with van der Waals surface area (Å²) in [6.45, 7) is 18.1. The van der Waals surface area contributed by atoms with Gasteiger partial charge in [-0.2, -0.15) is 0 Å². The molecule has 0 saturated heterocycles. The van der Waals surface area contributed by atoms with E-state index in [0.717, 1.165) is 6.42 Å². The Morgan fingerprint density at radius 2 is 1.21 bits per heavy atom. The fourth-order valence-corrected chi connectivity index (χ4v) is 5.69. The lowest BCUT2D eigenvalue weighted by atomic mass is 9.98. The normalized spacial score (nSPS) is 13.5. The fraction of sp³-hybridized carbons (Fsp3) is 0.333. The first-order valence-corrected chi connectivity index (χ1v) is 16.7. The van der Waals surface area contributed by atoms with Crippen LogP contribution in [0.1, 0.15) is 42.7 Å². The molecule has 2 atom stereocenters. The lowest BCUT2D eigenvalue weighted by Crippen LogP contribution is -2.22. The highest BCUT2D eigenvalue weighted by Gasteiger charge is 2.16. The quantitative estimate of drug-likeness (QED) is 0.109. The third-order valence-corrected chi connectivity index (χ3v) is 8.16. The fourth-order valence-electron chi connectivity index (χ4n) is 4.84. The minimum atomic E-state index is -4.46. The van der Waals surface area contributed by atoms with Crippen LogP contribution in [0.25, 0.3) is 21.1 Å². The summed E-state index contributed by atoms with van der Waals surface area (Å²) in [6.07, 6.45) is 1.08. The molecule has 0 aliphatic carbocycles. The molecule has 2 unspecified atom stereocenters. The number of nitrogens with zero attached hydrogens (tertiary/aromatic N) is 4. The molecule has 0 aromatic heterocycles. The summed E-state index contributed by atoms with van der Waals surface area (Å²) >= 11 is 0. The summed E-state index contributed by atoms with van der Waals surface area (Å²) in [4.78, 5) is 6.60. The van der Waals surface area contributed by atoms with Gasteiger partial charge in [0.05, 0.1) is 48.6 Å². The van der Waals surface area contributed by atoms with Crippen molar-refractivity contribution in [3.8, 4) is 23.6 Å². The second kappa shape index (κ2) is 19.5. The van der Waals surface area contributed by atoms with Crippen molar-refractivity contribution in [2.75, 3.05) is 45.4 Å². The maximum Gasteiger partial charge on any atom is 0.272 e. The second-order valence-corrected chi connectivity index (χ2v) is 12.1. The first kappa shape index (κ1) is 37.2. The zero-order chi connectivity index (χ0) is 34.8. The number of hydrogen-bond donors (Lipinski definition) is 0. The summed E-state index contributed by atoms with van der Waals surface area (Å²) < 4.78 is 57.4. The van der Waals surface area contributed by atoms with E-state index in [0.29, 0.717) is 18.1 Å². The number of hydrogen-bond acceptors (Lipinski definition) is 9. The Balaban J connectivity index is 1.67. The van der Waals surface area contributed by atoms with E-state index in [4.69, 9.17) is 32.1 Å². The van der Waals surface area contributed by atoms with Crippen LogP contribution in [0.5, 0.6) is 11.5 Å². The van der Waals surface area contributed by atoms with Crippen molar-refractivity contribution in [3.63, 3.8) is 0 Å². The Kier molecular flexibility index (Phi) is 15.1. The van der Waals surface area contributed by atoms with Gasteiger partial charge < -0.3 is 23.5 Å². The maximum absolute atomic E-state index is 11.4. The molecule has 0 bridgehead atoms. The van der Waals surface area contributed by atoms with Gasteiger partial charge in [0, 0.05) is 29.4 Å². The standard InChI is InChI=1S/C36H36N4O7S/c1-27(28-10-6-4-7-11-28)14-16-44-18-20-46-35-22-32(34(25-38)40-3)36(23-31(35)33(24-37)39-2)47-21-19-45-17-15-30(26-48(41,42)43)29-12-8-5-9-13-29/h4-13,22-23,27,30H,14-21,26H2,1H3,(H,41,42,43)/p-1/b33-31-,34-32+. The van der Waals surface area contributed by atoms with Crippen LogP contribution in [0.15, 0.2) is 72.8 Å². The third kappa shape index (κ3) is 11.9. The Morgan fingerprint density at radius 1 is 0.750 bits per heavy atom. The Bertz CT molecular complexity index is 1880. The number of nitriles is 2. The van der Waals surface area contributed by atoms with Gasteiger partial charge in [0.2, 0.25) is 0 Å². The van der Waals surface area contributed by atoms with Crippen molar-refractivity contribution in [1.29, 1.82) is 10.5 Å². The zero-order valence-corrected chi connectivity index (χ0v) is 27.3. The van der Waals surface area contributed by atoms with Gasteiger partial charge in [-0.3, -0.25) is 0 Å². The molecule has 0 amide bonds. The molecular weight excluding hydrogens is 632 g/mol. The summed E-state index contributed by atoms with van der Waals surface area (Å²) in [7, 11) is -4.46. The molecule has 0 N–H and O–H groups in total. The van der Waals surface area contributed by atoms with Gasteiger partial charge in [0.1, 0.15) is 24.7 Å². The van der Waals surface area contributed by atoms with E-state index in [1.54, 1.807) is 30.3 Å². The van der Waals surface area contributed by atoms with Crippen molar-refractivity contribution < 1.29 is 31.9 Å². The van der Waals surface area contributed by atoms with E-state index >= 15 is 0 Å². The highest BCUT2D eigenvalue weighted by molar-refractivity contribution is 7.85. The largest absolute Gasteiger partial charge is 0.748 e. The highest BCUT2D eigenvalue weighted by Crippen LogP contribution is 2.22. The minimum Gasteiger partial charge on any atom is -0.748 e. The summed E-state index contributed by atoms with van der Waals surface area (Å²) in [5.41, 5.74) is 1.39. The van der Waals surface area contributed by atoms with Gasteiger partial charge in [-0.1, -0.05) is 67.6 Å². The SMILES string of the molecule is [C-]#[N+]/C(C#N)=c1/cc(OCCOCCC(CS(=O)(=O)[O-])c2ccccc2)/c(=C(\C#N)[N+]#[C-])cc1OCCOCCC(C)c1ccccc1. The minimum absolute atomic E-state index is 0.0334. The lowest BCUT2D eigenvalue weighted by Gasteiger charge is -2.19. The van der Waals surface area contributed by atoms with Crippen molar-refractivity contribution in [2.45, 2.75) is 31.6 Å². The predicted molar refractivity (Wildman–Crippen MR) is 177 cm³/mol. The van der Waals surface area contributed by atoms with E-state index in [-0.39, 0.29) is 72.8 Å². The van der Waals surface area contributed by atoms with Gasteiger partial charge >= 0.3 is 0 Å². The molecule has 0 aliphatic rings. The average Bonchev–Trinajstić information content (AvgIpc) is 3.09.